The molecule has 24 heavy (non-hydrogen) atoms. The van der Waals surface area contributed by atoms with E-state index in [0.717, 1.165) is 31.9 Å². The summed E-state index contributed by atoms with van der Waals surface area (Å²) in [6.45, 7) is 3.26. The zero-order valence-corrected chi connectivity index (χ0v) is 14.3. The number of carbonyl (C=O) groups is 1. The van der Waals surface area contributed by atoms with Crippen LogP contribution in [-0.2, 0) is 4.79 Å². The van der Waals surface area contributed by atoms with E-state index in [0.29, 0.717) is 22.3 Å². The predicted molar refractivity (Wildman–Crippen MR) is 93.4 cm³/mol. The SMILES string of the molecule is N#Cc1ccc(Cl)cc1N1CCN(CC(=O)Nc2nncs2)CC1. The average molecular weight is 363 g/mol. The third-order valence-electron chi connectivity index (χ3n) is 3.77. The second-order valence-corrected chi connectivity index (χ2v) is 6.60. The summed E-state index contributed by atoms with van der Waals surface area (Å²) in [7, 11) is 0. The molecule has 1 amide bonds. The molecule has 7 nitrogen and oxygen atoms in total. The molecule has 1 N–H and O–H groups in total. The first-order valence-electron chi connectivity index (χ1n) is 7.38. The quantitative estimate of drug-likeness (QED) is 0.893. The number of rotatable bonds is 4. The van der Waals surface area contributed by atoms with Crippen LogP contribution in [0.5, 0.6) is 0 Å². The molecule has 1 aromatic carbocycles. The number of halogens is 1. The maximum Gasteiger partial charge on any atom is 0.240 e. The van der Waals surface area contributed by atoms with Crippen LogP contribution in [-0.4, -0.2) is 53.7 Å². The van der Waals surface area contributed by atoms with E-state index in [4.69, 9.17) is 11.6 Å². The molecule has 9 heteroatoms. The van der Waals surface area contributed by atoms with Gasteiger partial charge >= 0.3 is 0 Å². The molecule has 1 aliphatic rings. The summed E-state index contributed by atoms with van der Waals surface area (Å²) in [5.74, 6) is -0.0966. The first kappa shape index (κ1) is 16.6. The molecule has 0 atom stereocenters. The number of nitriles is 1. The number of hydrogen-bond donors (Lipinski definition) is 1. The average Bonchev–Trinajstić information content (AvgIpc) is 3.08. The smallest absolute Gasteiger partial charge is 0.240 e. The van der Waals surface area contributed by atoms with Crippen molar-refractivity contribution in [3.8, 4) is 6.07 Å². The van der Waals surface area contributed by atoms with Crippen LogP contribution in [0.25, 0.3) is 0 Å². The highest BCUT2D eigenvalue weighted by Gasteiger charge is 2.21. The first-order chi connectivity index (χ1) is 11.7. The van der Waals surface area contributed by atoms with Crippen molar-refractivity contribution < 1.29 is 4.79 Å². The summed E-state index contributed by atoms with van der Waals surface area (Å²) in [6, 6.07) is 7.47. The van der Waals surface area contributed by atoms with Gasteiger partial charge in [-0.25, -0.2) is 0 Å². The molecular formula is C15H15ClN6OS. The number of carbonyl (C=O) groups excluding carboxylic acids is 1. The third kappa shape index (κ3) is 4.00. The van der Waals surface area contributed by atoms with Crippen LogP contribution >= 0.6 is 22.9 Å². The Morgan fingerprint density at radius 2 is 2.17 bits per heavy atom. The van der Waals surface area contributed by atoms with Gasteiger partial charge in [0, 0.05) is 31.2 Å². The van der Waals surface area contributed by atoms with E-state index in [1.54, 1.807) is 17.6 Å². The van der Waals surface area contributed by atoms with Gasteiger partial charge in [-0.15, -0.1) is 10.2 Å². The van der Waals surface area contributed by atoms with Crippen molar-refractivity contribution >= 4 is 39.7 Å². The van der Waals surface area contributed by atoms with Crippen molar-refractivity contribution in [1.82, 2.24) is 15.1 Å². The maximum atomic E-state index is 12.0. The molecule has 0 bridgehead atoms. The monoisotopic (exact) mass is 362 g/mol. The van der Waals surface area contributed by atoms with Crippen molar-refractivity contribution in [3.05, 3.63) is 34.3 Å². The van der Waals surface area contributed by atoms with Gasteiger partial charge in [0.1, 0.15) is 11.6 Å². The molecule has 3 rings (SSSR count). The van der Waals surface area contributed by atoms with Crippen molar-refractivity contribution in [3.63, 3.8) is 0 Å². The number of nitrogens with zero attached hydrogens (tertiary/aromatic N) is 5. The summed E-state index contributed by atoms with van der Waals surface area (Å²) in [6.07, 6.45) is 0. The molecule has 2 heterocycles. The number of hydrogen-bond acceptors (Lipinski definition) is 7. The lowest BCUT2D eigenvalue weighted by Gasteiger charge is -2.36. The van der Waals surface area contributed by atoms with E-state index in [1.165, 1.54) is 11.3 Å². The largest absolute Gasteiger partial charge is 0.368 e. The van der Waals surface area contributed by atoms with E-state index in [1.807, 2.05) is 6.07 Å². The number of piperazine rings is 1. The van der Waals surface area contributed by atoms with E-state index >= 15 is 0 Å². The highest BCUT2D eigenvalue weighted by molar-refractivity contribution is 7.13. The van der Waals surface area contributed by atoms with Gasteiger partial charge in [0.25, 0.3) is 0 Å². The fraction of sp³-hybridized carbons (Fsp3) is 0.333. The normalized spacial score (nSPS) is 15.1. The maximum absolute atomic E-state index is 12.0. The highest BCUT2D eigenvalue weighted by Crippen LogP contribution is 2.25. The van der Waals surface area contributed by atoms with E-state index < -0.39 is 0 Å². The second kappa shape index (κ2) is 7.57. The van der Waals surface area contributed by atoms with Crippen LogP contribution in [0.1, 0.15) is 5.56 Å². The van der Waals surface area contributed by atoms with Crippen LogP contribution in [0, 0.1) is 11.3 Å². The van der Waals surface area contributed by atoms with E-state index in [2.05, 4.69) is 31.4 Å². The minimum absolute atomic E-state index is 0.0966. The van der Waals surface area contributed by atoms with Crippen molar-refractivity contribution in [2.75, 3.05) is 42.9 Å². The van der Waals surface area contributed by atoms with E-state index in [9.17, 15) is 10.1 Å². The van der Waals surface area contributed by atoms with Crippen LogP contribution in [0.2, 0.25) is 5.02 Å². The van der Waals surface area contributed by atoms with Gasteiger partial charge in [0.2, 0.25) is 11.0 Å². The standard InChI is InChI=1S/C15H15ClN6OS/c16-12-2-1-11(8-17)13(7-12)22-5-3-21(4-6-22)9-14(23)19-15-20-18-10-24-15/h1-2,7,10H,3-6,9H2,(H,19,20,23). The van der Waals surface area contributed by atoms with Gasteiger partial charge < -0.3 is 4.90 Å². The van der Waals surface area contributed by atoms with Gasteiger partial charge in [-0.3, -0.25) is 15.0 Å². The number of anilines is 2. The van der Waals surface area contributed by atoms with Gasteiger partial charge in [-0.05, 0) is 18.2 Å². The number of aromatic nitrogens is 2. The number of nitrogens with one attached hydrogen (secondary N) is 1. The third-order valence-corrected chi connectivity index (χ3v) is 4.61. The molecule has 1 aromatic heterocycles. The zero-order chi connectivity index (χ0) is 16.9. The van der Waals surface area contributed by atoms with Crippen LogP contribution in [0.3, 0.4) is 0 Å². The van der Waals surface area contributed by atoms with Crippen LogP contribution in [0.4, 0.5) is 10.8 Å². The molecule has 0 radical (unpaired) electrons. The second-order valence-electron chi connectivity index (χ2n) is 5.33. The van der Waals surface area contributed by atoms with E-state index in [-0.39, 0.29) is 5.91 Å². The van der Waals surface area contributed by atoms with Crippen molar-refractivity contribution in [2.24, 2.45) is 0 Å². The minimum Gasteiger partial charge on any atom is -0.368 e. The Hall–Kier alpha value is -2.21. The molecule has 1 aliphatic heterocycles. The van der Waals surface area contributed by atoms with Crippen LogP contribution in [0.15, 0.2) is 23.7 Å². The summed E-state index contributed by atoms with van der Waals surface area (Å²) in [5.41, 5.74) is 3.04. The first-order valence-corrected chi connectivity index (χ1v) is 8.64. The van der Waals surface area contributed by atoms with Crippen molar-refractivity contribution in [1.29, 1.82) is 5.26 Å². The molecule has 0 saturated carbocycles. The molecule has 1 saturated heterocycles. The molecular weight excluding hydrogens is 348 g/mol. The Labute approximate surface area is 148 Å². The Balaban J connectivity index is 1.55. The molecule has 0 unspecified atom stereocenters. The van der Waals surface area contributed by atoms with Crippen LogP contribution < -0.4 is 10.2 Å². The molecule has 0 spiro atoms. The Morgan fingerprint density at radius 1 is 1.38 bits per heavy atom. The Bertz CT molecular complexity index is 752. The minimum atomic E-state index is -0.0966. The zero-order valence-electron chi connectivity index (χ0n) is 12.8. The molecule has 1 fully saturated rings. The highest BCUT2D eigenvalue weighted by atomic mass is 35.5. The lowest BCUT2D eigenvalue weighted by atomic mass is 10.1. The summed E-state index contributed by atoms with van der Waals surface area (Å²) < 4.78 is 0. The Kier molecular flexibility index (Phi) is 5.25. The Morgan fingerprint density at radius 3 is 2.83 bits per heavy atom. The van der Waals surface area contributed by atoms with Gasteiger partial charge in [0.05, 0.1) is 17.8 Å². The van der Waals surface area contributed by atoms with Gasteiger partial charge in [-0.1, -0.05) is 22.9 Å². The number of amides is 1. The predicted octanol–water partition coefficient (Wildman–Crippen LogP) is 1.82. The fourth-order valence-corrected chi connectivity index (χ4v) is 3.22. The molecule has 0 aliphatic carbocycles. The topological polar surface area (TPSA) is 85.2 Å². The number of benzene rings is 1. The van der Waals surface area contributed by atoms with Gasteiger partial charge in [-0.2, -0.15) is 5.26 Å². The van der Waals surface area contributed by atoms with Crippen molar-refractivity contribution in [2.45, 2.75) is 0 Å². The van der Waals surface area contributed by atoms with Gasteiger partial charge in [0.15, 0.2) is 0 Å². The summed E-state index contributed by atoms with van der Waals surface area (Å²) in [4.78, 5) is 16.2. The lowest BCUT2D eigenvalue weighted by molar-refractivity contribution is -0.117. The molecule has 124 valence electrons. The summed E-state index contributed by atoms with van der Waals surface area (Å²) in [5, 5.41) is 20.6. The molecule has 2 aromatic rings. The fourth-order valence-electron chi connectivity index (χ4n) is 2.60. The summed E-state index contributed by atoms with van der Waals surface area (Å²) >= 11 is 7.34. The lowest BCUT2D eigenvalue weighted by Crippen LogP contribution is -2.48.